The van der Waals surface area contributed by atoms with E-state index in [1.807, 2.05) is 72.6 Å². The molecule has 0 aliphatic rings. The minimum absolute atomic E-state index is 0.335. The summed E-state index contributed by atoms with van der Waals surface area (Å²) in [7, 11) is 1.91. The van der Waals surface area contributed by atoms with Crippen LogP contribution in [0.15, 0.2) is 60.7 Å². The van der Waals surface area contributed by atoms with Gasteiger partial charge in [0.25, 0.3) is 0 Å². The number of likely N-dealkylation sites (N-methyl/N-ethyl adjacent to an activating group) is 1. The second kappa shape index (κ2) is 8.20. The molecule has 2 N–H and O–H groups in total. The number of carbonyl (C=O) groups is 1. The molecule has 0 spiro atoms. The predicted octanol–water partition coefficient (Wildman–Crippen LogP) is 2.61. The molecule has 2 aromatic rings. The maximum atomic E-state index is 11.7. The van der Waals surface area contributed by atoms with Crippen molar-refractivity contribution in [1.29, 1.82) is 0 Å². The van der Waals surface area contributed by atoms with E-state index in [9.17, 15) is 4.79 Å². The lowest BCUT2D eigenvalue weighted by Gasteiger charge is -2.25. The van der Waals surface area contributed by atoms with Crippen molar-refractivity contribution < 1.29 is 9.53 Å². The SMILES string of the molecule is CN(CCCOc1ccccc1)[C@H](C(N)=O)c1ccccc1. The molecular formula is C18H22N2O2. The van der Waals surface area contributed by atoms with Gasteiger partial charge in [-0.15, -0.1) is 0 Å². The van der Waals surface area contributed by atoms with Gasteiger partial charge in [0.1, 0.15) is 11.8 Å². The Morgan fingerprint density at radius 3 is 2.27 bits per heavy atom. The Hall–Kier alpha value is -2.33. The van der Waals surface area contributed by atoms with Gasteiger partial charge in [-0.3, -0.25) is 9.69 Å². The third-order valence-corrected chi connectivity index (χ3v) is 3.49. The lowest BCUT2D eigenvalue weighted by atomic mass is 10.1. The van der Waals surface area contributed by atoms with Gasteiger partial charge in [0.05, 0.1) is 6.61 Å². The van der Waals surface area contributed by atoms with Crippen LogP contribution in [-0.4, -0.2) is 31.0 Å². The molecule has 0 saturated carbocycles. The Morgan fingerprint density at radius 2 is 1.68 bits per heavy atom. The topological polar surface area (TPSA) is 55.6 Å². The average Bonchev–Trinajstić information content (AvgIpc) is 2.53. The Morgan fingerprint density at radius 1 is 1.09 bits per heavy atom. The zero-order valence-corrected chi connectivity index (χ0v) is 12.8. The second-order valence-electron chi connectivity index (χ2n) is 5.21. The van der Waals surface area contributed by atoms with Crippen molar-refractivity contribution >= 4 is 5.91 Å². The summed E-state index contributed by atoms with van der Waals surface area (Å²) >= 11 is 0. The summed E-state index contributed by atoms with van der Waals surface area (Å²) < 4.78 is 5.66. The Balaban J connectivity index is 1.84. The molecule has 2 rings (SSSR count). The van der Waals surface area contributed by atoms with Gasteiger partial charge in [0.15, 0.2) is 0 Å². The third-order valence-electron chi connectivity index (χ3n) is 3.49. The van der Waals surface area contributed by atoms with Crippen LogP contribution in [0.3, 0.4) is 0 Å². The van der Waals surface area contributed by atoms with Crippen molar-refractivity contribution in [2.75, 3.05) is 20.2 Å². The van der Waals surface area contributed by atoms with Crippen molar-refractivity contribution in [3.8, 4) is 5.75 Å². The number of para-hydroxylation sites is 1. The monoisotopic (exact) mass is 298 g/mol. The largest absolute Gasteiger partial charge is 0.494 e. The maximum Gasteiger partial charge on any atom is 0.239 e. The fourth-order valence-electron chi connectivity index (χ4n) is 2.42. The van der Waals surface area contributed by atoms with Crippen molar-refractivity contribution in [3.63, 3.8) is 0 Å². The van der Waals surface area contributed by atoms with Gasteiger partial charge < -0.3 is 10.5 Å². The molecule has 0 heterocycles. The highest BCUT2D eigenvalue weighted by Crippen LogP contribution is 2.19. The molecule has 2 aromatic carbocycles. The van der Waals surface area contributed by atoms with Crippen LogP contribution in [0, 0.1) is 0 Å². The first-order chi connectivity index (χ1) is 10.7. The van der Waals surface area contributed by atoms with E-state index in [0.29, 0.717) is 6.61 Å². The summed E-state index contributed by atoms with van der Waals surface area (Å²) in [6, 6.07) is 18.9. The number of carbonyl (C=O) groups excluding carboxylic acids is 1. The standard InChI is InChI=1S/C18H22N2O2/c1-20(13-8-14-22-16-11-6-3-7-12-16)17(18(19)21)15-9-4-2-5-10-15/h2-7,9-12,17H,8,13-14H2,1H3,(H2,19,21)/t17-/m0/s1. The van der Waals surface area contributed by atoms with Crippen LogP contribution < -0.4 is 10.5 Å². The van der Waals surface area contributed by atoms with Crippen LogP contribution >= 0.6 is 0 Å². The summed E-state index contributed by atoms with van der Waals surface area (Å²) in [5.74, 6) is 0.525. The van der Waals surface area contributed by atoms with Gasteiger partial charge in [-0.1, -0.05) is 48.5 Å². The summed E-state index contributed by atoms with van der Waals surface area (Å²) in [5, 5.41) is 0. The van der Waals surface area contributed by atoms with Crippen LogP contribution in [-0.2, 0) is 4.79 Å². The van der Waals surface area contributed by atoms with E-state index in [0.717, 1.165) is 24.3 Å². The first kappa shape index (κ1) is 16.0. The highest BCUT2D eigenvalue weighted by Gasteiger charge is 2.22. The van der Waals surface area contributed by atoms with E-state index < -0.39 is 6.04 Å². The number of hydrogen-bond acceptors (Lipinski definition) is 3. The smallest absolute Gasteiger partial charge is 0.239 e. The van der Waals surface area contributed by atoms with Crippen LogP contribution in [0.25, 0.3) is 0 Å². The Labute approximate surface area is 131 Å². The molecule has 0 saturated heterocycles. The van der Waals surface area contributed by atoms with Gasteiger partial charge in [-0.25, -0.2) is 0 Å². The molecular weight excluding hydrogens is 276 g/mol. The highest BCUT2D eigenvalue weighted by molar-refractivity contribution is 5.81. The summed E-state index contributed by atoms with van der Waals surface area (Å²) in [6.45, 7) is 1.34. The lowest BCUT2D eigenvalue weighted by Crippen LogP contribution is -2.36. The lowest BCUT2D eigenvalue weighted by molar-refractivity contribution is -0.123. The van der Waals surface area contributed by atoms with Crippen LogP contribution in [0.1, 0.15) is 18.0 Å². The highest BCUT2D eigenvalue weighted by atomic mass is 16.5. The van der Waals surface area contributed by atoms with E-state index >= 15 is 0 Å². The molecule has 4 heteroatoms. The maximum absolute atomic E-state index is 11.7. The average molecular weight is 298 g/mol. The molecule has 22 heavy (non-hydrogen) atoms. The number of benzene rings is 2. The Kier molecular flexibility index (Phi) is 5.98. The normalized spacial score (nSPS) is 12.1. The predicted molar refractivity (Wildman–Crippen MR) is 87.6 cm³/mol. The number of ether oxygens (including phenoxy) is 1. The molecule has 0 aromatic heterocycles. The van der Waals surface area contributed by atoms with Gasteiger partial charge >= 0.3 is 0 Å². The third kappa shape index (κ3) is 4.60. The van der Waals surface area contributed by atoms with Crippen molar-refractivity contribution in [2.24, 2.45) is 5.73 Å². The molecule has 0 aliphatic carbocycles. The molecule has 1 amide bonds. The molecule has 0 unspecified atom stereocenters. The van der Waals surface area contributed by atoms with E-state index in [-0.39, 0.29) is 5.91 Å². The van der Waals surface area contributed by atoms with Gasteiger partial charge in [-0.05, 0) is 31.2 Å². The summed E-state index contributed by atoms with van der Waals surface area (Å²) in [6.07, 6.45) is 0.821. The number of nitrogens with zero attached hydrogens (tertiary/aromatic N) is 1. The van der Waals surface area contributed by atoms with Crippen LogP contribution in [0.2, 0.25) is 0 Å². The first-order valence-electron chi connectivity index (χ1n) is 7.41. The fourth-order valence-corrected chi connectivity index (χ4v) is 2.42. The van der Waals surface area contributed by atoms with E-state index in [1.165, 1.54) is 0 Å². The quantitative estimate of drug-likeness (QED) is 0.762. The Bertz CT molecular complexity index is 572. The number of hydrogen-bond donors (Lipinski definition) is 1. The minimum Gasteiger partial charge on any atom is -0.494 e. The van der Waals surface area contributed by atoms with Crippen LogP contribution in [0.4, 0.5) is 0 Å². The van der Waals surface area contributed by atoms with Crippen molar-refractivity contribution in [2.45, 2.75) is 12.5 Å². The van der Waals surface area contributed by atoms with E-state index in [2.05, 4.69) is 0 Å². The number of amides is 1. The summed E-state index contributed by atoms with van der Waals surface area (Å²) in [4.78, 5) is 13.7. The number of nitrogens with two attached hydrogens (primary N) is 1. The zero-order valence-electron chi connectivity index (χ0n) is 12.8. The van der Waals surface area contributed by atoms with E-state index in [1.54, 1.807) is 0 Å². The zero-order chi connectivity index (χ0) is 15.8. The molecule has 0 aliphatic heterocycles. The van der Waals surface area contributed by atoms with Crippen molar-refractivity contribution in [1.82, 2.24) is 4.90 Å². The van der Waals surface area contributed by atoms with Gasteiger partial charge in [-0.2, -0.15) is 0 Å². The van der Waals surface area contributed by atoms with E-state index in [4.69, 9.17) is 10.5 Å². The molecule has 0 bridgehead atoms. The fraction of sp³-hybridized carbons (Fsp3) is 0.278. The molecule has 4 nitrogen and oxygen atoms in total. The van der Waals surface area contributed by atoms with Gasteiger partial charge in [0, 0.05) is 6.54 Å². The first-order valence-corrected chi connectivity index (χ1v) is 7.41. The van der Waals surface area contributed by atoms with Crippen LogP contribution in [0.5, 0.6) is 5.75 Å². The van der Waals surface area contributed by atoms with Crippen molar-refractivity contribution in [3.05, 3.63) is 66.2 Å². The minimum atomic E-state index is -0.405. The number of primary amides is 1. The molecule has 1 atom stereocenters. The number of rotatable bonds is 8. The summed E-state index contributed by atoms with van der Waals surface area (Å²) in [5.41, 5.74) is 6.47. The molecule has 0 radical (unpaired) electrons. The molecule has 116 valence electrons. The molecule has 0 fully saturated rings. The van der Waals surface area contributed by atoms with Gasteiger partial charge in [0.2, 0.25) is 5.91 Å². The second-order valence-corrected chi connectivity index (χ2v) is 5.21.